The summed E-state index contributed by atoms with van der Waals surface area (Å²) in [4.78, 5) is 6.63. The van der Waals surface area contributed by atoms with Crippen LogP contribution in [0.5, 0.6) is 5.75 Å². The molecule has 3 saturated carbocycles. The minimum Gasteiger partial charge on any atom is -0.507 e. The van der Waals surface area contributed by atoms with Crippen molar-refractivity contribution in [3.63, 3.8) is 0 Å². The molecular formula is C24H24FN7OS. The molecule has 2 bridgehead atoms. The topological polar surface area (TPSA) is 112 Å². The maximum Gasteiger partial charge on any atom is 0.218 e. The first-order chi connectivity index (χ1) is 16.6. The minimum atomic E-state index is -0.836. The summed E-state index contributed by atoms with van der Waals surface area (Å²) in [6, 6.07) is 7.14. The molecule has 0 spiro atoms. The summed E-state index contributed by atoms with van der Waals surface area (Å²) < 4.78 is 15.5. The largest absolute Gasteiger partial charge is 0.507 e. The molecule has 2 aromatic heterocycles. The van der Waals surface area contributed by atoms with Crippen LogP contribution in [0.1, 0.15) is 50.0 Å². The van der Waals surface area contributed by atoms with Gasteiger partial charge in [0.25, 0.3) is 0 Å². The lowest BCUT2D eigenvalue weighted by Crippen LogP contribution is -2.52. The number of anilines is 1. The Morgan fingerprint density at radius 2 is 1.97 bits per heavy atom. The highest BCUT2D eigenvalue weighted by Crippen LogP contribution is 2.46. The van der Waals surface area contributed by atoms with E-state index in [1.54, 1.807) is 24.4 Å². The van der Waals surface area contributed by atoms with E-state index >= 15 is 4.39 Å². The van der Waals surface area contributed by atoms with Crippen LogP contribution in [0.3, 0.4) is 0 Å². The number of halogens is 1. The SMILES string of the molecule is N#Cc1nnc(-c2ccc(-c3ncc(N(C4CC4)[C@@H]4C[C@H]5CCC[C@H](C5)[C@@H]4F)nn3)c(O)c2)s1. The smallest absolute Gasteiger partial charge is 0.218 e. The lowest BCUT2D eigenvalue weighted by atomic mass is 9.69. The molecule has 1 aromatic carbocycles. The van der Waals surface area contributed by atoms with Gasteiger partial charge in [0.2, 0.25) is 5.01 Å². The highest BCUT2D eigenvalue weighted by molar-refractivity contribution is 7.15. The third-order valence-electron chi connectivity index (χ3n) is 7.33. The van der Waals surface area contributed by atoms with Gasteiger partial charge in [0.1, 0.15) is 23.0 Å². The van der Waals surface area contributed by atoms with Crippen LogP contribution >= 0.6 is 11.3 Å². The van der Waals surface area contributed by atoms with E-state index in [1.165, 1.54) is 6.42 Å². The molecule has 3 aromatic rings. The van der Waals surface area contributed by atoms with Crippen molar-refractivity contribution in [3.8, 4) is 33.8 Å². The van der Waals surface area contributed by atoms with Crippen molar-refractivity contribution in [1.82, 2.24) is 25.4 Å². The first-order valence-corrected chi connectivity index (χ1v) is 12.6. The number of phenols is 1. The molecular weight excluding hydrogens is 453 g/mol. The van der Waals surface area contributed by atoms with Gasteiger partial charge >= 0.3 is 0 Å². The fourth-order valence-corrected chi connectivity index (χ4v) is 6.26. The normalized spacial score (nSPS) is 26.1. The van der Waals surface area contributed by atoms with Gasteiger partial charge in [-0.3, -0.25) is 0 Å². The first-order valence-electron chi connectivity index (χ1n) is 11.8. The molecule has 4 atom stereocenters. The number of fused-ring (bicyclic) bond motifs is 2. The average Bonchev–Trinajstić information content (AvgIpc) is 3.57. The zero-order valence-corrected chi connectivity index (χ0v) is 19.3. The lowest BCUT2D eigenvalue weighted by molar-refractivity contribution is 0.0631. The molecule has 174 valence electrons. The second kappa shape index (κ2) is 8.55. The molecule has 2 heterocycles. The maximum absolute atomic E-state index is 15.5. The number of alkyl halides is 1. The predicted octanol–water partition coefficient (Wildman–Crippen LogP) is 4.52. The molecule has 3 fully saturated rings. The predicted molar refractivity (Wildman–Crippen MR) is 125 cm³/mol. The van der Waals surface area contributed by atoms with Crippen LogP contribution in [0.2, 0.25) is 0 Å². The third kappa shape index (κ3) is 3.88. The second-order valence-corrected chi connectivity index (χ2v) is 10.6. The van der Waals surface area contributed by atoms with E-state index in [0.717, 1.165) is 49.9 Å². The molecule has 1 N–H and O–H groups in total. The van der Waals surface area contributed by atoms with Crippen molar-refractivity contribution in [1.29, 1.82) is 5.26 Å². The van der Waals surface area contributed by atoms with E-state index < -0.39 is 6.17 Å². The van der Waals surface area contributed by atoms with Crippen LogP contribution in [0.15, 0.2) is 24.4 Å². The molecule has 6 rings (SSSR count). The fraction of sp³-hybridized carbons (Fsp3) is 0.500. The van der Waals surface area contributed by atoms with Crippen molar-refractivity contribution in [2.75, 3.05) is 4.90 Å². The van der Waals surface area contributed by atoms with Gasteiger partial charge in [0.15, 0.2) is 11.6 Å². The molecule has 3 aliphatic rings. The van der Waals surface area contributed by atoms with E-state index in [2.05, 4.69) is 30.3 Å². The molecule has 0 unspecified atom stereocenters. The number of nitrogens with zero attached hydrogens (tertiary/aromatic N) is 7. The van der Waals surface area contributed by atoms with Crippen molar-refractivity contribution in [2.45, 2.75) is 63.2 Å². The van der Waals surface area contributed by atoms with Crippen molar-refractivity contribution in [2.24, 2.45) is 11.8 Å². The number of hydrogen-bond acceptors (Lipinski definition) is 9. The Morgan fingerprint density at radius 3 is 2.68 bits per heavy atom. The van der Waals surface area contributed by atoms with Crippen molar-refractivity contribution >= 4 is 17.2 Å². The second-order valence-electron chi connectivity index (χ2n) is 9.57. The molecule has 10 heteroatoms. The Morgan fingerprint density at radius 1 is 1.09 bits per heavy atom. The summed E-state index contributed by atoms with van der Waals surface area (Å²) in [6.07, 6.45) is 8.13. The summed E-state index contributed by atoms with van der Waals surface area (Å²) in [6.45, 7) is 0. The molecule has 0 aliphatic heterocycles. The molecule has 34 heavy (non-hydrogen) atoms. The van der Waals surface area contributed by atoms with Crippen LogP contribution in [0.25, 0.3) is 22.0 Å². The van der Waals surface area contributed by atoms with E-state index in [4.69, 9.17) is 5.26 Å². The van der Waals surface area contributed by atoms with E-state index in [-0.39, 0.29) is 22.7 Å². The van der Waals surface area contributed by atoms with Gasteiger partial charge in [-0.2, -0.15) is 5.26 Å². The van der Waals surface area contributed by atoms with E-state index in [9.17, 15) is 5.11 Å². The summed E-state index contributed by atoms with van der Waals surface area (Å²) in [5.41, 5.74) is 1.10. The van der Waals surface area contributed by atoms with Crippen LogP contribution in [0, 0.1) is 23.2 Å². The maximum atomic E-state index is 15.5. The van der Waals surface area contributed by atoms with Gasteiger partial charge in [-0.1, -0.05) is 30.2 Å². The van der Waals surface area contributed by atoms with Crippen LogP contribution in [0.4, 0.5) is 10.2 Å². The number of nitriles is 1. The summed E-state index contributed by atoms with van der Waals surface area (Å²) in [5, 5.41) is 36.9. The monoisotopic (exact) mass is 477 g/mol. The summed E-state index contributed by atoms with van der Waals surface area (Å²) in [5.74, 6) is 1.67. The van der Waals surface area contributed by atoms with Crippen LogP contribution in [-0.4, -0.2) is 48.7 Å². The number of aromatic hydroxyl groups is 1. The zero-order chi connectivity index (χ0) is 23.2. The molecule has 0 radical (unpaired) electrons. The van der Waals surface area contributed by atoms with Gasteiger partial charge in [-0.25, -0.2) is 9.37 Å². The quantitative estimate of drug-likeness (QED) is 0.571. The van der Waals surface area contributed by atoms with Gasteiger partial charge < -0.3 is 10.0 Å². The van der Waals surface area contributed by atoms with Gasteiger partial charge in [-0.15, -0.1) is 20.4 Å². The molecule has 8 nitrogen and oxygen atoms in total. The Balaban J connectivity index is 1.25. The fourth-order valence-electron chi connectivity index (χ4n) is 5.62. The summed E-state index contributed by atoms with van der Waals surface area (Å²) >= 11 is 1.16. The van der Waals surface area contributed by atoms with Gasteiger partial charge in [0, 0.05) is 11.6 Å². The van der Waals surface area contributed by atoms with Gasteiger partial charge in [0.05, 0.1) is 17.8 Å². The van der Waals surface area contributed by atoms with E-state index in [0.29, 0.717) is 39.7 Å². The standard InChI is InChI=1S/C24H24FN7OS/c25-22-14-3-1-2-13(8-14)9-18(22)32(16-5-6-16)20-12-27-23(30-28-20)17-7-4-15(10-19(17)33)24-31-29-21(11-26)34-24/h4,7,10,12-14,16,18,22,33H,1-3,5-6,8-9H2/t13-,14+,18+,22-/m0/s1. The number of phenolic OH excluding ortho intramolecular Hbond substituents is 1. The highest BCUT2D eigenvalue weighted by Gasteiger charge is 2.46. The Labute approximate surface area is 200 Å². The Hall–Kier alpha value is -3.19. The van der Waals surface area contributed by atoms with Gasteiger partial charge in [-0.05, 0) is 56.1 Å². The van der Waals surface area contributed by atoms with Crippen LogP contribution in [-0.2, 0) is 0 Å². The van der Waals surface area contributed by atoms with Crippen molar-refractivity contribution in [3.05, 3.63) is 29.4 Å². The minimum absolute atomic E-state index is 0.0104. The molecule has 0 saturated heterocycles. The van der Waals surface area contributed by atoms with E-state index in [1.807, 2.05) is 6.07 Å². The van der Waals surface area contributed by atoms with Crippen LogP contribution < -0.4 is 4.90 Å². The number of aromatic nitrogens is 5. The average molecular weight is 478 g/mol. The zero-order valence-electron chi connectivity index (χ0n) is 18.5. The Bertz CT molecular complexity index is 1240. The third-order valence-corrected chi connectivity index (χ3v) is 8.21. The number of hydrogen-bond donors (Lipinski definition) is 1. The Kier molecular flexibility index (Phi) is 5.37. The number of rotatable bonds is 5. The summed E-state index contributed by atoms with van der Waals surface area (Å²) in [7, 11) is 0. The van der Waals surface area contributed by atoms with Crippen molar-refractivity contribution < 1.29 is 9.50 Å². The molecule has 0 amide bonds. The number of benzene rings is 1. The lowest BCUT2D eigenvalue weighted by Gasteiger charge is -2.46. The highest BCUT2D eigenvalue weighted by atomic mass is 32.1. The molecule has 3 aliphatic carbocycles. The first kappa shape index (κ1) is 21.4.